The van der Waals surface area contributed by atoms with Crippen LogP contribution in [-0.4, -0.2) is 24.4 Å². The van der Waals surface area contributed by atoms with E-state index in [-0.39, 0.29) is 16.3 Å². The molecule has 1 heterocycles. The zero-order valence-electron chi connectivity index (χ0n) is 14.2. The van der Waals surface area contributed by atoms with Gasteiger partial charge in [-0.1, -0.05) is 23.7 Å². The first-order valence-corrected chi connectivity index (χ1v) is 8.40. The van der Waals surface area contributed by atoms with Crippen molar-refractivity contribution in [1.82, 2.24) is 0 Å². The highest BCUT2D eigenvalue weighted by Gasteiger charge is 2.38. The van der Waals surface area contributed by atoms with Gasteiger partial charge in [-0.3, -0.25) is 9.59 Å². The third-order valence-corrected chi connectivity index (χ3v) is 4.15. The number of carbonyl (C=O) groups is 3. The largest absolute Gasteiger partial charge is 0.545 e. The second kappa shape index (κ2) is 7.51. The summed E-state index contributed by atoms with van der Waals surface area (Å²) in [5, 5.41) is 13.4. The highest BCUT2D eigenvalue weighted by atomic mass is 35.5. The summed E-state index contributed by atoms with van der Waals surface area (Å²) in [6, 6.07) is 12.1. The molecule has 138 valence electrons. The van der Waals surface area contributed by atoms with Crippen molar-refractivity contribution in [2.75, 3.05) is 16.8 Å². The van der Waals surface area contributed by atoms with Crippen LogP contribution in [0.4, 0.5) is 11.4 Å². The summed E-state index contributed by atoms with van der Waals surface area (Å²) in [6.45, 7) is 2.34. The normalized spacial score (nSPS) is 13.9. The fourth-order valence-electron chi connectivity index (χ4n) is 2.57. The molecular formula is C19H14ClN2O5-. The van der Waals surface area contributed by atoms with E-state index in [1.54, 1.807) is 30.3 Å². The van der Waals surface area contributed by atoms with Gasteiger partial charge in [-0.15, -0.1) is 0 Å². The average Bonchev–Trinajstić information content (AvgIpc) is 2.86. The van der Waals surface area contributed by atoms with Gasteiger partial charge in [0.2, 0.25) is 0 Å². The summed E-state index contributed by atoms with van der Waals surface area (Å²) in [5.41, 5.74) is 0.425. The molecule has 2 amide bonds. The Kier molecular flexibility index (Phi) is 5.14. The average molecular weight is 386 g/mol. The molecule has 0 atom stereocenters. The van der Waals surface area contributed by atoms with Gasteiger partial charge in [0.25, 0.3) is 11.8 Å². The Morgan fingerprint density at radius 3 is 2.48 bits per heavy atom. The van der Waals surface area contributed by atoms with Gasteiger partial charge in [-0.05, 0) is 48.9 Å². The first-order valence-electron chi connectivity index (χ1n) is 8.02. The number of nitrogens with one attached hydrogen (secondary N) is 1. The first kappa shape index (κ1) is 18.5. The van der Waals surface area contributed by atoms with Gasteiger partial charge in [-0.25, -0.2) is 4.90 Å². The number of carboxylic acid groups (broad SMARTS) is 1. The Labute approximate surface area is 159 Å². The third kappa shape index (κ3) is 3.63. The van der Waals surface area contributed by atoms with E-state index in [0.717, 1.165) is 4.90 Å². The monoisotopic (exact) mass is 385 g/mol. The number of anilines is 2. The van der Waals surface area contributed by atoms with E-state index >= 15 is 0 Å². The number of amides is 2. The second-order valence-corrected chi connectivity index (χ2v) is 5.93. The first-order chi connectivity index (χ1) is 12.9. The SMILES string of the molecule is CCOc1ccc(N2C(=O)C(Cl)=C(Nc3cccc(C(=O)[O-])c3)C2=O)cc1. The highest BCUT2D eigenvalue weighted by molar-refractivity contribution is 6.53. The minimum atomic E-state index is -1.36. The number of hydrogen-bond acceptors (Lipinski definition) is 6. The summed E-state index contributed by atoms with van der Waals surface area (Å²) in [5.74, 6) is -2.07. The third-order valence-electron chi connectivity index (χ3n) is 3.80. The lowest BCUT2D eigenvalue weighted by molar-refractivity contribution is -0.255. The van der Waals surface area contributed by atoms with Crippen LogP contribution in [0.3, 0.4) is 0 Å². The molecule has 0 bridgehead atoms. The minimum absolute atomic E-state index is 0.0723. The van der Waals surface area contributed by atoms with E-state index in [1.807, 2.05) is 6.92 Å². The molecule has 1 aliphatic rings. The molecule has 0 aromatic heterocycles. The summed E-state index contributed by atoms with van der Waals surface area (Å²) >= 11 is 6.05. The summed E-state index contributed by atoms with van der Waals surface area (Å²) in [7, 11) is 0. The summed E-state index contributed by atoms with van der Waals surface area (Å²) < 4.78 is 5.34. The van der Waals surface area contributed by atoms with E-state index in [4.69, 9.17) is 16.3 Å². The molecule has 2 aromatic rings. The molecule has 0 saturated carbocycles. The van der Waals surface area contributed by atoms with E-state index in [9.17, 15) is 19.5 Å². The van der Waals surface area contributed by atoms with Crippen molar-refractivity contribution in [3.63, 3.8) is 0 Å². The van der Waals surface area contributed by atoms with Crippen molar-refractivity contribution in [2.45, 2.75) is 6.92 Å². The fourth-order valence-corrected chi connectivity index (χ4v) is 2.78. The Hall–Kier alpha value is -3.32. The molecule has 0 aliphatic carbocycles. The van der Waals surface area contributed by atoms with E-state index in [2.05, 4.69) is 5.32 Å². The molecule has 8 heteroatoms. The number of halogens is 1. The van der Waals surface area contributed by atoms with Crippen molar-refractivity contribution in [1.29, 1.82) is 0 Å². The molecule has 2 aromatic carbocycles. The number of aromatic carboxylic acids is 1. The van der Waals surface area contributed by atoms with Crippen LogP contribution < -0.4 is 20.1 Å². The van der Waals surface area contributed by atoms with Crippen molar-refractivity contribution < 1.29 is 24.2 Å². The van der Waals surface area contributed by atoms with Crippen LogP contribution in [0.5, 0.6) is 5.75 Å². The van der Waals surface area contributed by atoms with Gasteiger partial charge in [-0.2, -0.15) is 0 Å². The maximum atomic E-state index is 12.7. The molecule has 7 nitrogen and oxygen atoms in total. The lowest BCUT2D eigenvalue weighted by Crippen LogP contribution is -2.32. The standard InChI is InChI=1S/C19H15ClN2O5/c1-2-27-14-8-6-13(7-9-14)22-17(23)15(20)16(18(22)24)21-12-5-3-4-11(10-12)19(25)26/h3-10,21H,2H2,1H3,(H,25,26)/p-1. The predicted octanol–water partition coefficient (Wildman–Crippen LogP) is 1.88. The number of ether oxygens (including phenoxy) is 1. The van der Waals surface area contributed by atoms with Crippen molar-refractivity contribution in [2.24, 2.45) is 0 Å². The molecule has 0 fully saturated rings. The van der Waals surface area contributed by atoms with Crippen LogP contribution in [0.15, 0.2) is 59.3 Å². The fraction of sp³-hybridized carbons (Fsp3) is 0.105. The quantitative estimate of drug-likeness (QED) is 0.762. The number of nitrogens with zero attached hydrogens (tertiary/aromatic N) is 1. The molecule has 0 saturated heterocycles. The number of hydrogen-bond donors (Lipinski definition) is 1. The van der Waals surface area contributed by atoms with E-state index < -0.39 is 17.8 Å². The van der Waals surface area contributed by atoms with Crippen LogP contribution in [-0.2, 0) is 9.59 Å². The molecule has 0 spiro atoms. The predicted molar refractivity (Wildman–Crippen MR) is 97.4 cm³/mol. The molecule has 0 radical (unpaired) electrons. The lowest BCUT2D eigenvalue weighted by Gasteiger charge is -2.16. The zero-order chi connectivity index (χ0) is 19.6. The van der Waals surface area contributed by atoms with E-state index in [1.165, 1.54) is 18.2 Å². The van der Waals surface area contributed by atoms with Crippen molar-refractivity contribution in [3.05, 3.63) is 64.8 Å². The number of benzene rings is 2. The number of imide groups is 1. The molecular weight excluding hydrogens is 372 g/mol. The topological polar surface area (TPSA) is 98.8 Å². The van der Waals surface area contributed by atoms with Gasteiger partial charge in [0, 0.05) is 5.69 Å². The van der Waals surface area contributed by atoms with Gasteiger partial charge >= 0.3 is 0 Å². The smallest absolute Gasteiger partial charge is 0.283 e. The van der Waals surface area contributed by atoms with Crippen LogP contribution in [0.2, 0.25) is 0 Å². The Balaban J connectivity index is 1.85. The second-order valence-electron chi connectivity index (χ2n) is 5.55. The van der Waals surface area contributed by atoms with E-state index in [0.29, 0.717) is 23.7 Å². The molecule has 1 N–H and O–H groups in total. The van der Waals surface area contributed by atoms with Crippen LogP contribution in [0.25, 0.3) is 0 Å². The van der Waals surface area contributed by atoms with Gasteiger partial charge in [0.15, 0.2) is 0 Å². The lowest BCUT2D eigenvalue weighted by atomic mass is 10.2. The van der Waals surface area contributed by atoms with Crippen LogP contribution in [0, 0.1) is 0 Å². The van der Waals surface area contributed by atoms with Crippen molar-refractivity contribution >= 4 is 40.8 Å². The molecule has 27 heavy (non-hydrogen) atoms. The number of carboxylic acids is 1. The van der Waals surface area contributed by atoms with Crippen LogP contribution >= 0.6 is 11.6 Å². The maximum Gasteiger partial charge on any atom is 0.283 e. The van der Waals surface area contributed by atoms with Gasteiger partial charge < -0.3 is 20.0 Å². The molecule has 0 unspecified atom stereocenters. The molecule has 1 aliphatic heterocycles. The van der Waals surface area contributed by atoms with Gasteiger partial charge in [0.1, 0.15) is 16.5 Å². The van der Waals surface area contributed by atoms with Gasteiger partial charge in [0.05, 0.1) is 18.3 Å². The Bertz CT molecular complexity index is 953. The maximum absolute atomic E-state index is 12.7. The summed E-state index contributed by atoms with van der Waals surface area (Å²) in [4.78, 5) is 37.0. The number of carbonyl (C=O) groups excluding carboxylic acids is 3. The highest BCUT2D eigenvalue weighted by Crippen LogP contribution is 2.31. The Morgan fingerprint density at radius 2 is 1.85 bits per heavy atom. The zero-order valence-corrected chi connectivity index (χ0v) is 14.9. The van der Waals surface area contributed by atoms with Crippen molar-refractivity contribution in [3.8, 4) is 5.75 Å². The number of rotatable bonds is 6. The summed E-state index contributed by atoms with van der Waals surface area (Å²) in [6.07, 6.45) is 0. The minimum Gasteiger partial charge on any atom is -0.545 e. The Morgan fingerprint density at radius 1 is 1.15 bits per heavy atom. The van der Waals surface area contributed by atoms with Crippen LogP contribution in [0.1, 0.15) is 17.3 Å². The molecule has 3 rings (SSSR count).